The number of hydrogen-bond acceptors (Lipinski definition) is 4. The van der Waals surface area contributed by atoms with Crippen LogP contribution in [0.5, 0.6) is 17.4 Å². The molecule has 0 unspecified atom stereocenters. The molecule has 1 N–H and O–H groups in total. The molecule has 0 bridgehead atoms. The molecule has 76 valence electrons. The maximum atomic E-state index is 9.36. The highest BCUT2D eigenvalue weighted by atomic mass is 16.5. The number of phenols is 1. The van der Waals surface area contributed by atoms with Crippen LogP contribution in [0, 0.1) is 6.92 Å². The summed E-state index contributed by atoms with van der Waals surface area (Å²) in [5.41, 5.74) is 0.925. The van der Waals surface area contributed by atoms with Gasteiger partial charge < -0.3 is 9.84 Å². The number of ether oxygens (including phenoxy) is 1. The van der Waals surface area contributed by atoms with E-state index >= 15 is 0 Å². The van der Waals surface area contributed by atoms with Gasteiger partial charge >= 0.3 is 0 Å². The summed E-state index contributed by atoms with van der Waals surface area (Å²) in [7, 11) is 0. The van der Waals surface area contributed by atoms with E-state index in [4.69, 9.17) is 4.74 Å². The third kappa shape index (κ3) is 2.43. The summed E-state index contributed by atoms with van der Waals surface area (Å²) < 4.78 is 5.41. The summed E-state index contributed by atoms with van der Waals surface area (Å²) in [5, 5.41) is 9.36. The molecule has 0 aliphatic rings. The zero-order valence-corrected chi connectivity index (χ0v) is 8.21. The second-order valence-corrected chi connectivity index (χ2v) is 3.15. The van der Waals surface area contributed by atoms with Crippen LogP contribution in [-0.4, -0.2) is 15.1 Å². The SMILES string of the molecule is Cc1cc(O)cc(Oc2cnccn2)c1. The average molecular weight is 202 g/mol. The lowest BCUT2D eigenvalue weighted by atomic mass is 10.2. The van der Waals surface area contributed by atoms with Gasteiger partial charge in [-0.2, -0.15) is 0 Å². The van der Waals surface area contributed by atoms with Gasteiger partial charge in [0.2, 0.25) is 5.88 Å². The van der Waals surface area contributed by atoms with Crippen LogP contribution in [0.25, 0.3) is 0 Å². The number of aromatic nitrogens is 2. The quantitative estimate of drug-likeness (QED) is 0.811. The standard InChI is InChI=1S/C11H10N2O2/c1-8-4-9(14)6-10(5-8)15-11-7-12-2-3-13-11/h2-7,14H,1H3. The highest BCUT2D eigenvalue weighted by Gasteiger charge is 2.00. The van der Waals surface area contributed by atoms with Crippen LogP contribution in [-0.2, 0) is 0 Å². The molecule has 0 atom stereocenters. The minimum Gasteiger partial charge on any atom is -0.508 e. The highest BCUT2D eigenvalue weighted by molar-refractivity contribution is 5.38. The summed E-state index contributed by atoms with van der Waals surface area (Å²) >= 11 is 0. The molecule has 0 aliphatic heterocycles. The van der Waals surface area contributed by atoms with E-state index in [0.717, 1.165) is 5.56 Å². The average Bonchev–Trinajstić information content (AvgIpc) is 2.17. The number of rotatable bonds is 2. The Morgan fingerprint density at radius 2 is 2.07 bits per heavy atom. The van der Waals surface area contributed by atoms with E-state index in [1.807, 2.05) is 13.0 Å². The molecule has 4 heteroatoms. The minimum atomic E-state index is 0.175. The molecule has 4 nitrogen and oxygen atoms in total. The predicted octanol–water partition coefficient (Wildman–Crippen LogP) is 2.28. The Bertz CT molecular complexity index is 437. The summed E-state index contributed by atoms with van der Waals surface area (Å²) in [6.07, 6.45) is 4.63. The normalized spacial score (nSPS) is 9.93. The molecule has 0 fully saturated rings. The first-order valence-electron chi connectivity index (χ1n) is 4.48. The monoisotopic (exact) mass is 202 g/mol. The Morgan fingerprint density at radius 3 is 2.73 bits per heavy atom. The van der Waals surface area contributed by atoms with Crippen LogP contribution < -0.4 is 4.74 Å². The molecule has 0 radical (unpaired) electrons. The highest BCUT2D eigenvalue weighted by Crippen LogP contribution is 2.24. The van der Waals surface area contributed by atoms with E-state index in [-0.39, 0.29) is 5.75 Å². The van der Waals surface area contributed by atoms with Gasteiger partial charge in [0, 0.05) is 18.5 Å². The molecular weight excluding hydrogens is 192 g/mol. The minimum absolute atomic E-state index is 0.175. The Morgan fingerprint density at radius 1 is 1.20 bits per heavy atom. The van der Waals surface area contributed by atoms with Crippen molar-refractivity contribution in [3.63, 3.8) is 0 Å². The van der Waals surface area contributed by atoms with Gasteiger partial charge in [0.05, 0.1) is 6.20 Å². The fourth-order valence-electron chi connectivity index (χ4n) is 1.25. The summed E-state index contributed by atoms with van der Waals surface area (Å²) in [6, 6.07) is 5.00. The number of aromatic hydroxyl groups is 1. The van der Waals surface area contributed by atoms with Crippen LogP contribution in [0.1, 0.15) is 5.56 Å². The third-order valence-corrected chi connectivity index (χ3v) is 1.80. The van der Waals surface area contributed by atoms with Crippen molar-refractivity contribution < 1.29 is 9.84 Å². The van der Waals surface area contributed by atoms with Gasteiger partial charge in [0.15, 0.2) is 0 Å². The molecule has 0 aliphatic carbocycles. The van der Waals surface area contributed by atoms with Gasteiger partial charge in [-0.25, -0.2) is 4.98 Å². The van der Waals surface area contributed by atoms with E-state index in [0.29, 0.717) is 11.6 Å². The fourth-order valence-corrected chi connectivity index (χ4v) is 1.25. The number of aryl methyl sites for hydroxylation is 1. The zero-order valence-electron chi connectivity index (χ0n) is 8.21. The third-order valence-electron chi connectivity index (χ3n) is 1.80. The van der Waals surface area contributed by atoms with E-state index in [1.54, 1.807) is 18.5 Å². The lowest BCUT2D eigenvalue weighted by molar-refractivity contribution is 0.443. The molecule has 1 aromatic heterocycles. The molecule has 0 amide bonds. The first-order chi connectivity index (χ1) is 7.24. The molecule has 15 heavy (non-hydrogen) atoms. The van der Waals surface area contributed by atoms with Gasteiger partial charge in [0.25, 0.3) is 0 Å². The van der Waals surface area contributed by atoms with E-state index < -0.39 is 0 Å². The first-order valence-corrected chi connectivity index (χ1v) is 4.48. The van der Waals surface area contributed by atoms with Crippen molar-refractivity contribution in [1.29, 1.82) is 0 Å². The summed E-state index contributed by atoms with van der Waals surface area (Å²) in [6.45, 7) is 1.88. The van der Waals surface area contributed by atoms with Crippen LogP contribution in [0.4, 0.5) is 0 Å². The van der Waals surface area contributed by atoms with Crippen molar-refractivity contribution in [2.24, 2.45) is 0 Å². The number of hydrogen-bond donors (Lipinski definition) is 1. The lowest BCUT2D eigenvalue weighted by Gasteiger charge is -2.05. The van der Waals surface area contributed by atoms with Crippen molar-refractivity contribution in [2.75, 3.05) is 0 Å². The van der Waals surface area contributed by atoms with Gasteiger partial charge in [-0.05, 0) is 24.6 Å². The fraction of sp³-hybridized carbons (Fsp3) is 0.0909. The first kappa shape index (κ1) is 9.45. The zero-order chi connectivity index (χ0) is 10.7. The van der Waals surface area contributed by atoms with Gasteiger partial charge in [-0.1, -0.05) is 0 Å². The van der Waals surface area contributed by atoms with E-state index in [1.165, 1.54) is 12.3 Å². The molecule has 0 saturated heterocycles. The Balaban J connectivity index is 2.25. The summed E-state index contributed by atoms with van der Waals surface area (Å²) in [4.78, 5) is 7.84. The Kier molecular flexibility index (Phi) is 2.49. The maximum absolute atomic E-state index is 9.36. The van der Waals surface area contributed by atoms with Crippen molar-refractivity contribution in [2.45, 2.75) is 6.92 Å². The second-order valence-electron chi connectivity index (χ2n) is 3.15. The van der Waals surface area contributed by atoms with Crippen molar-refractivity contribution in [3.8, 4) is 17.4 Å². The number of benzene rings is 1. The maximum Gasteiger partial charge on any atom is 0.237 e. The van der Waals surface area contributed by atoms with Gasteiger partial charge in [-0.3, -0.25) is 4.98 Å². The lowest BCUT2D eigenvalue weighted by Crippen LogP contribution is -1.88. The van der Waals surface area contributed by atoms with Crippen LogP contribution >= 0.6 is 0 Å². The number of nitrogens with zero attached hydrogens (tertiary/aromatic N) is 2. The van der Waals surface area contributed by atoms with Crippen LogP contribution in [0.2, 0.25) is 0 Å². The second kappa shape index (κ2) is 3.96. The van der Waals surface area contributed by atoms with E-state index in [2.05, 4.69) is 9.97 Å². The smallest absolute Gasteiger partial charge is 0.237 e. The van der Waals surface area contributed by atoms with Crippen LogP contribution in [0.3, 0.4) is 0 Å². The molecule has 2 rings (SSSR count). The molecule has 0 spiro atoms. The molecule has 2 aromatic rings. The summed E-state index contributed by atoms with van der Waals surface area (Å²) in [5.74, 6) is 1.13. The molecule has 1 aromatic carbocycles. The molecular formula is C11H10N2O2. The van der Waals surface area contributed by atoms with E-state index in [9.17, 15) is 5.11 Å². The topological polar surface area (TPSA) is 55.2 Å². The largest absolute Gasteiger partial charge is 0.508 e. The van der Waals surface area contributed by atoms with Gasteiger partial charge in [-0.15, -0.1) is 0 Å². The van der Waals surface area contributed by atoms with Gasteiger partial charge in [0.1, 0.15) is 11.5 Å². The molecule has 0 saturated carbocycles. The molecule has 1 heterocycles. The number of phenolic OH excluding ortho intramolecular Hbond substituents is 1. The Hall–Kier alpha value is -2.10. The van der Waals surface area contributed by atoms with Crippen molar-refractivity contribution in [1.82, 2.24) is 9.97 Å². The van der Waals surface area contributed by atoms with Crippen molar-refractivity contribution >= 4 is 0 Å². The predicted molar refractivity (Wildman–Crippen MR) is 54.9 cm³/mol. The van der Waals surface area contributed by atoms with Crippen molar-refractivity contribution in [3.05, 3.63) is 42.4 Å². The Labute approximate surface area is 87.2 Å². The van der Waals surface area contributed by atoms with Crippen LogP contribution in [0.15, 0.2) is 36.8 Å².